The van der Waals surface area contributed by atoms with Crippen molar-refractivity contribution in [1.82, 2.24) is 9.88 Å². The number of hydrogen-bond donors (Lipinski definition) is 1. The van der Waals surface area contributed by atoms with Gasteiger partial charge in [0.05, 0.1) is 7.11 Å². The zero-order chi connectivity index (χ0) is 19.9. The number of pyridine rings is 1. The number of aromatic amines is 1. The molecule has 0 saturated heterocycles. The Hall–Kier alpha value is -3.06. The predicted octanol–water partition coefficient (Wildman–Crippen LogP) is 3.69. The Morgan fingerprint density at radius 3 is 2.71 bits per heavy atom. The van der Waals surface area contributed by atoms with E-state index in [1.807, 2.05) is 42.6 Å². The van der Waals surface area contributed by atoms with Gasteiger partial charge in [-0.3, -0.25) is 9.59 Å². The standard InChI is InChI=1S/C21H22N2O4S/c1-3-23(21(25)17-7-4-10-22-20(17)24)13-15-8-9-18(19(12-15)26-2)27-14-16-6-5-11-28-16/h4-12H,3,13-14H2,1-2H3,(H,22,24). The number of amides is 1. The molecule has 1 aromatic carbocycles. The highest BCUT2D eigenvalue weighted by Crippen LogP contribution is 2.29. The molecular formula is C21H22N2O4S. The number of ether oxygens (including phenoxy) is 2. The molecular weight excluding hydrogens is 376 g/mol. The Morgan fingerprint density at radius 2 is 2.04 bits per heavy atom. The van der Waals surface area contributed by atoms with Gasteiger partial charge in [0.2, 0.25) is 0 Å². The fraction of sp³-hybridized carbons (Fsp3) is 0.238. The summed E-state index contributed by atoms with van der Waals surface area (Å²) in [4.78, 5) is 29.9. The van der Waals surface area contributed by atoms with Gasteiger partial charge < -0.3 is 19.4 Å². The monoisotopic (exact) mass is 398 g/mol. The maximum absolute atomic E-state index is 12.7. The van der Waals surface area contributed by atoms with Crippen molar-refractivity contribution >= 4 is 17.2 Å². The lowest BCUT2D eigenvalue weighted by molar-refractivity contribution is 0.0750. The van der Waals surface area contributed by atoms with Crippen molar-refractivity contribution in [2.45, 2.75) is 20.1 Å². The number of H-pyrrole nitrogens is 1. The minimum Gasteiger partial charge on any atom is -0.493 e. The molecule has 28 heavy (non-hydrogen) atoms. The third kappa shape index (κ3) is 4.61. The molecule has 0 unspecified atom stereocenters. The average Bonchev–Trinajstić information content (AvgIpc) is 3.24. The van der Waals surface area contributed by atoms with E-state index >= 15 is 0 Å². The van der Waals surface area contributed by atoms with Crippen molar-refractivity contribution in [2.24, 2.45) is 0 Å². The molecule has 7 heteroatoms. The van der Waals surface area contributed by atoms with Crippen molar-refractivity contribution in [1.29, 1.82) is 0 Å². The van der Waals surface area contributed by atoms with E-state index in [-0.39, 0.29) is 17.0 Å². The summed E-state index contributed by atoms with van der Waals surface area (Å²) in [5.41, 5.74) is 0.635. The van der Waals surface area contributed by atoms with Gasteiger partial charge in [-0.05, 0) is 48.2 Å². The van der Waals surface area contributed by atoms with Crippen LogP contribution in [0.4, 0.5) is 0 Å². The third-order valence-corrected chi connectivity index (χ3v) is 5.12. The molecule has 1 N–H and O–H groups in total. The van der Waals surface area contributed by atoms with Gasteiger partial charge in [-0.15, -0.1) is 11.3 Å². The lowest BCUT2D eigenvalue weighted by Gasteiger charge is -2.21. The zero-order valence-corrected chi connectivity index (χ0v) is 16.6. The lowest BCUT2D eigenvalue weighted by atomic mass is 10.1. The Kier molecular flexibility index (Phi) is 6.49. The fourth-order valence-electron chi connectivity index (χ4n) is 2.78. The highest BCUT2D eigenvalue weighted by molar-refractivity contribution is 7.09. The lowest BCUT2D eigenvalue weighted by Crippen LogP contribution is -2.34. The van der Waals surface area contributed by atoms with Crippen LogP contribution in [-0.2, 0) is 13.2 Å². The number of thiophene rings is 1. The number of nitrogens with one attached hydrogen (secondary N) is 1. The first-order valence-corrected chi connectivity index (χ1v) is 9.79. The van der Waals surface area contributed by atoms with Gasteiger partial charge in [-0.1, -0.05) is 12.1 Å². The summed E-state index contributed by atoms with van der Waals surface area (Å²) in [5.74, 6) is 0.949. The number of methoxy groups -OCH3 is 1. The number of hydrogen-bond acceptors (Lipinski definition) is 5. The molecule has 0 aliphatic rings. The number of rotatable bonds is 8. The van der Waals surface area contributed by atoms with E-state index in [9.17, 15) is 9.59 Å². The molecule has 2 aromatic heterocycles. The molecule has 0 bridgehead atoms. The summed E-state index contributed by atoms with van der Waals surface area (Å²) in [6.45, 7) is 3.20. The highest BCUT2D eigenvalue weighted by atomic mass is 32.1. The summed E-state index contributed by atoms with van der Waals surface area (Å²) >= 11 is 1.63. The molecule has 6 nitrogen and oxygen atoms in total. The molecule has 146 valence electrons. The van der Waals surface area contributed by atoms with Gasteiger partial charge in [0.15, 0.2) is 11.5 Å². The summed E-state index contributed by atoms with van der Waals surface area (Å²) in [7, 11) is 1.59. The molecule has 0 spiro atoms. The first-order chi connectivity index (χ1) is 13.6. The van der Waals surface area contributed by atoms with Crippen LogP contribution in [0.15, 0.2) is 58.8 Å². The van der Waals surface area contributed by atoms with E-state index in [1.54, 1.807) is 29.4 Å². The number of benzene rings is 1. The van der Waals surface area contributed by atoms with E-state index < -0.39 is 0 Å². The Labute approximate surface area is 167 Å². The van der Waals surface area contributed by atoms with Gasteiger partial charge in [0, 0.05) is 24.2 Å². The fourth-order valence-corrected chi connectivity index (χ4v) is 3.40. The number of nitrogens with zero attached hydrogens (tertiary/aromatic N) is 1. The average molecular weight is 398 g/mol. The van der Waals surface area contributed by atoms with Gasteiger partial charge in [-0.25, -0.2) is 0 Å². The summed E-state index contributed by atoms with van der Waals surface area (Å²) in [6.07, 6.45) is 1.51. The van der Waals surface area contributed by atoms with E-state index in [1.165, 1.54) is 12.3 Å². The van der Waals surface area contributed by atoms with Crippen molar-refractivity contribution in [3.8, 4) is 11.5 Å². The Bertz CT molecular complexity index is 982. The van der Waals surface area contributed by atoms with Crippen LogP contribution >= 0.6 is 11.3 Å². The molecule has 1 amide bonds. The highest BCUT2D eigenvalue weighted by Gasteiger charge is 2.18. The number of carbonyl (C=O) groups excluding carboxylic acids is 1. The van der Waals surface area contributed by atoms with Crippen molar-refractivity contribution in [3.63, 3.8) is 0 Å². The minimum absolute atomic E-state index is 0.132. The predicted molar refractivity (Wildman–Crippen MR) is 109 cm³/mol. The van der Waals surface area contributed by atoms with Crippen molar-refractivity contribution < 1.29 is 14.3 Å². The molecule has 0 saturated carbocycles. The quantitative estimate of drug-likeness (QED) is 0.628. The summed E-state index contributed by atoms with van der Waals surface area (Å²) in [6, 6.07) is 12.8. The van der Waals surface area contributed by atoms with Crippen LogP contribution in [0.1, 0.15) is 27.7 Å². The molecule has 3 rings (SSSR count). The first-order valence-electron chi connectivity index (χ1n) is 8.91. The molecule has 0 aliphatic heterocycles. The van der Waals surface area contributed by atoms with E-state index in [2.05, 4.69) is 4.98 Å². The van der Waals surface area contributed by atoms with E-state index in [0.717, 1.165) is 10.4 Å². The SMILES string of the molecule is CCN(Cc1ccc(OCc2cccs2)c(OC)c1)C(=O)c1ccc[nH]c1=O. The Morgan fingerprint density at radius 1 is 1.18 bits per heavy atom. The number of carbonyl (C=O) groups is 1. The molecule has 0 fully saturated rings. The zero-order valence-electron chi connectivity index (χ0n) is 15.8. The molecule has 0 aliphatic carbocycles. The second kappa shape index (κ2) is 9.23. The third-order valence-electron chi connectivity index (χ3n) is 4.27. The second-order valence-corrected chi connectivity index (χ2v) is 7.12. The molecule has 0 radical (unpaired) electrons. The topological polar surface area (TPSA) is 71.6 Å². The van der Waals surface area contributed by atoms with Gasteiger partial charge >= 0.3 is 0 Å². The van der Waals surface area contributed by atoms with Crippen LogP contribution in [0.2, 0.25) is 0 Å². The number of aromatic nitrogens is 1. The van der Waals surface area contributed by atoms with Gasteiger partial charge in [0.25, 0.3) is 11.5 Å². The molecule has 3 aromatic rings. The van der Waals surface area contributed by atoms with Crippen LogP contribution in [-0.4, -0.2) is 29.4 Å². The van der Waals surface area contributed by atoms with Crippen LogP contribution in [0.3, 0.4) is 0 Å². The van der Waals surface area contributed by atoms with Gasteiger partial charge in [-0.2, -0.15) is 0 Å². The summed E-state index contributed by atoms with van der Waals surface area (Å²) in [5, 5.41) is 2.01. The Balaban J connectivity index is 1.74. The summed E-state index contributed by atoms with van der Waals surface area (Å²) < 4.78 is 11.3. The van der Waals surface area contributed by atoms with Crippen molar-refractivity contribution in [2.75, 3.05) is 13.7 Å². The van der Waals surface area contributed by atoms with E-state index in [0.29, 0.717) is 31.2 Å². The van der Waals surface area contributed by atoms with Crippen molar-refractivity contribution in [3.05, 3.63) is 80.4 Å². The maximum Gasteiger partial charge on any atom is 0.260 e. The maximum atomic E-state index is 12.7. The van der Waals surface area contributed by atoms with E-state index in [4.69, 9.17) is 9.47 Å². The van der Waals surface area contributed by atoms with Crippen LogP contribution in [0.5, 0.6) is 11.5 Å². The smallest absolute Gasteiger partial charge is 0.260 e. The first kappa shape index (κ1) is 19.7. The second-order valence-electron chi connectivity index (χ2n) is 6.09. The molecule has 2 heterocycles. The minimum atomic E-state index is -0.388. The van der Waals surface area contributed by atoms with Crippen LogP contribution in [0, 0.1) is 0 Å². The normalized spacial score (nSPS) is 10.5. The largest absolute Gasteiger partial charge is 0.493 e. The van der Waals surface area contributed by atoms with Crippen LogP contribution in [0.25, 0.3) is 0 Å². The van der Waals surface area contributed by atoms with Gasteiger partial charge in [0.1, 0.15) is 12.2 Å². The molecule has 0 atom stereocenters. The van der Waals surface area contributed by atoms with Crippen LogP contribution < -0.4 is 15.0 Å².